The molecule has 0 radical (unpaired) electrons. The first-order valence-electron chi connectivity index (χ1n) is 19.1. The number of allylic oxidation sites excluding steroid dienone is 1. The first kappa shape index (κ1) is 43.5. The highest BCUT2D eigenvalue weighted by molar-refractivity contribution is 5.96. The van der Waals surface area contributed by atoms with Gasteiger partial charge in [0.15, 0.2) is 0 Å². The first-order valence-corrected chi connectivity index (χ1v) is 19.1. The quantitative estimate of drug-likeness (QED) is 0.114. The van der Waals surface area contributed by atoms with E-state index in [1.165, 1.54) is 11.0 Å². The van der Waals surface area contributed by atoms with Crippen LogP contribution in [0.4, 0.5) is 4.79 Å². The van der Waals surface area contributed by atoms with Gasteiger partial charge in [0.1, 0.15) is 36.8 Å². The summed E-state index contributed by atoms with van der Waals surface area (Å²) in [5, 5.41) is 19.9. The SMILES string of the molecule is CC(C)C[C@H](NC(=O)[C@@H]1CCCN1C(=O)[C@@H](NC(=O)C(CCC=CC(=O)O)NC(=O)OCc1ccccc1)C(C)C)C(=O)N[C@H](C(N)=O)C1CCCCC1. The van der Waals surface area contributed by atoms with Gasteiger partial charge in [-0.2, -0.15) is 0 Å². The van der Waals surface area contributed by atoms with Crippen LogP contribution in [0.3, 0.4) is 0 Å². The number of hydrogen-bond acceptors (Lipinski definition) is 8. The second kappa shape index (κ2) is 21.7. The summed E-state index contributed by atoms with van der Waals surface area (Å²) in [5.74, 6) is -4.46. The smallest absolute Gasteiger partial charge is 0.408 e. The maximum Gasteiger partial charge on any atom is 0.408 e. The molecule has 1 aliphatic carbocycles. The van der Waals surface area contributed by atoms with Crippen molar-refractivity contribution >= 4 is 41.6 Å². The van der Waals surface area contributed by atoms with Crippen LogP contribution >= 0.6 is 0 Å². The van der Waals surface area contributed by atoms with E-state index in [9.17, 15) is 33.6 Å². The summed E-state index contributed by atoms with van der Waals surface area (Å²) in [6.07, 6.45) is 7.22. The van der Waals surface area contributed by atoms with Gasteiger partial charge in [-0.15, -0.1) is 0 Å². The van der Waals surface area contributed by atoms with E-state index in [-0.39, 0.29) is 37.8 Å². The molecular formula is C39H58N6O9. The Hall–Kier alpha value is -4.95. The summed E-state index contributed by atoms with van der Waals surface area (Å²) in [4.78, 5) is 92.6. The Morgan fingerprint density at radius 2 is 1.54 bits per heavy atom. The highest BCUT2D eigenvalue weighted by Gasteiger charge is 2.41. The molecule has 7 N–H and O–H groups in total. The number of nitrogens with one attached hydrogen (secondary N) is 4. The molecule has 0 bridgehead atoms. The van der Waals surface area contributed by atoms with Crippen LogP contribution in [0, 0.1) is 17.8 Å². The molecule has 5 atom stereocenters. The lowest BCUT2D eigenvalue weighted by Crippen LogP contribution is -2.60. The summed E-state index contributed by atoms with van der Waals surface area (Å²) in [7, 11) is 0. The zero-order valence-corrected chi connectivity index (χ0v) is 31.9. The van der Waals surface area contributed by atoms with Crippen molar-refractivity contribution in [2.75, 3.05) is 6.54 Å². The second-order valence-corrected chi connectivity index (χ2v) is 15.0. The maximum atomic E-state index is 14.1. The molecule has 0 aromatic heterocycles. The van der Waals surface area contributed by atoms with Gasteiger partial charge in [0.2, 0.25) is 29.5 Å². The molecular weight excluding hydrogens is 696 g/mol. The van der Waals surface area contributed by atoms with Crippen LogP contribution in [0.5, 0.6) is 0 Å². The van der Waals surface area contributed by atoms with E-state index in [2.05, 4.69) is 21.3 Å². The lowest BCUT2D eigenvalue weighted by Gasteiger charge is -2.33. The minimum absolute atomic E-state index is 0.0143. The highest BCUT2D eigenvalue weighted by atomic mass is 16.5. The molecule has 54 heavy (non-hydrogen) atoms. The number of aliphatic carboxylic acids is 1. The molecule has 1 unspecified atom stereocenters. The van der Waals surface area contributed by atoms with Crippen molar-refractivity contribution < 1.29 is 43.4 Å². The van der Waals surface area contributed by atoms with Crippen LogP contribution in [-0.4, -0.2) is 88.4 Å². The minimum atomic E-state index is -1.17. The molecule has 6 amide bonds. The van der Waals surface area contributed by atoms with Crippen molar-refractivity contribution in [3.8, 4) is 0 Å². The number of benzene rings is 1. The van der Waals surface area contributed by atoms with Crippen molar-refractivity contribution in [2.24, 2.45) is 23.5 Å². The molecule has 2 fully saturated rings. The molecule has 2 aliphatic rings. The van der Waals surface area contributed by atoms with Crippen LogP contribution in [0.15, 0.2) is 42.5 Å². The minimum Gasteiger partial charge on any atom is -0.478 e. The van der Waals surface area contributed by atoms with Gasteiger partial charge in [0.25, 0.3) is 0 Å². The number of carboxylic acid groups (broad SMARTS) is 1. The average Bonchev–Trinajstić information content (AvgIpc) is 3.63. The fraction of sp³-hybridized carbons (Fsp3) is 0.615. The number of primary amides is 1. The second-order valence-electron chi connectivity index (χ2n) is 15.0. The number of nitrogens with zero attached hydrogens (tertiary/aromatic N) is 1. The Kier molecular flexibility index (Phi) is 17.4. The molecule has 0 spiro atoms. The van der Waals surface area contributed by atoms with Crippen molar-refractivity contribution in [1.29, 1.82) is 0 Å². The van der Waals surface area contributed by atoms with Crippen LogP contribution in [0.25, 0.3) is 0 Å². The predicted molar refractivity (Wildman–Crippen MR) is 200 cm³/mol. The van der Waals surface area contributed by atoms with Crippen LogP contribution in [-0.2, 0) is 40.1 Å². The normalized spacial score (nSPS) is 18.4. The number of hydrogen-bond donors (Lipinski definition) is 6. The number of ether oxygens (including phenoxy) is 1. The standard InChI is InChI=1S/C39H58N6O9/c1-24(2)22-29(36(50)44-33(34(40)48)27-16-9-6-10-17-27)41-37(51)30-19-13-21-45(30)38(52)32(25(3)4)43-35(49)28(18-11-12-20-31(46)47)42-39(53)54-23-26-14-7-5-8-15-26/h5,7-8,12,14-15,20,24-25,27-30,32-33H,6,9-11,13,16-19,21-23H2,1-4H3,(H2,40,48)(H,41,51)(H,42,53)(H,43,49)(H,44,50)(H,46,47)/t28?,29-,30-,32-,33-/m0/s1. The topological polar surface area (TPSA) is 226 Å². The Morgan fingerprint density at radius 3 is 2.15 bits per heavy atom. The van der Waals surface area contributed by atoms with Gasteiger partial charge in [0, 0.05) is 12.6 Å². The number of rotatable bonds is 19. The van der Waals surface area contributed by atoms with Crippen molar-refractivity contribution in [2.45, 2.75) is 129 Å². The maximum absolute atomic E-state index is 14.1. The number of carbonyl (C=O) groups is 7. The van der Waals surface area contributed by atoms with E-state index in [0.717, 1.165) is 43.7 Å². The lowest BCUT2D eigenvalue weighted by atomic mass is 9.83. The molecule has 1 saturated heterocycles. The van der Waals surface area contributed by atoms with E-state index >= 15 is 0 Å². The van der Waals surface area contributed by atoms with Gasteiger partial charge < -0.3 is 41.7 Å². The molecule has 1 aromatic carbocycles. The Balaban J connectivity index is 1.72. The fourth-order valence-corrected chi connectivity index (χ4v) is 6.99. The third-order valence-electron chi connectivity index (χ3n) is 9.84. The van der Waals surface area contributed by atoms with Gasteiger partial charge in [-0.05, 0) is 68.3 Å². The number of nitrogens with two attached hydrogens (primary N) is 1. The third kappa shape index (κ3) is 13.8. The number of carboxylic acids is 1. The van der Waals surface area contributed by atoms with E-state index in [4.69, 9.17) is 15.6 Å². The average molecular weight is 755 g/mol. The summed E-state index contributed by atoms with van der Waals surface area (Å²) in [6, 6.07) is 3.97. The van der Waals surface area contributed by atoms with E-state index in [1.54, 1.807) is 38.1 Å². The number of amides is 6. The number of alkyl carbamates (subject to hydrolysis) is 1. The molecule has 15 heteroatoms. The molecule has 298 valence electrons. The highest BCUT2D eigenvalue weighted by Crippen LogP contribution is 2.27. The molecule has 1 aromatic rings. The molecule has 1 aliphatic heterocycles. The van der Waals surface area contributed by atoms with E-state index in [1.807, 2.05) is 19.9 Å². The van der Waals surface area contributed by atoms with Crippen molar-refractivity contribution in [3.63, 3.8) is 0 Å². The van der Waals surface area contributed by atoms with E-state index < -0.39 is 77.7 Å². The summed E-state index contributed by atoms with van der Waals surface area (Å²) < 4.78 is 5.30. The summed E-state index contributed by atoms with van der Waals surface area (Å²) in [6.45, 7) is 7.50. The largest absolute Gasteiger partial charge is 0.478 e. The number of carbonyl (C=O) groups excluding carboxylic acids is 6. The zero-order chi connectivity index (χ0) is 39.8. The molecule has 3 rings (SSSR count). The van der Waals surface area contributed by atoms with Gasteiger partial charge in [0.05, 0.1) is 0 Å². The predicted octanol–water partition coefficient (Wildman–Crippen LogP) is 2.92. The third-order valence-corrected chi connectivity index (χ3v) is 9.84. The van der Waals surface area contributed by atoms with E-state index in [0.29, 0.717) is 19.3 Å². The molecule has 15 nitrogen and oxygen atoms in total. The summed E-state index contributed by atoms with van der Waals surface area (Å²) >= 11 is 0. The van der Waals surface area contributed by atoms with Gasteiger partial charge in [-0.3, -0.25) is 24.0 Å². The van der Waals surface area contributed by atoms with Crippen LogP contribution < -0.4 is 27.0 Å². The Labute approximate surface area is 317 Å². The summed E-state index contributed by atoms with van der Waals surface area (Å²) in [5.41, 5.74) is 6.44. The fourth-order valence-electron chi connectivity index (χ4n) is 6.99. The van der Waals surface area contributed by atoms with Gasteiger partial charge >= 0.3 is 12.1 Å². The lowest BCUT2D eigenvalue weighted by molar-refractivity contribution is -0.143. The molecule has 1 saturated carbocycles. The molecule has 1 heterocycles. The van der Waals surface area contributed by atoms with Gasteiger partial charge in [-0.1, -0.05) is 83.4 Å². The first-order chi connectivity index (χ1) is 25.7. The monoisotopic (exact) mass is 754 g/mol. The van der Waals surface area contributed by atoms with Crippen molar-refractivity contribution in [3.05, 3.63) is 48.0 Å². The van der Waals surface area contributed by atoms with Crippen molar-refractivity contribution in [1.82, 2.24) is 26.2 Å². The van der Waals surface area contributed by atoms with Crippen LogP contribution in [0.2, 0.25) is 0 Å². The van der Waals surface area contributed by atoms with Gasteiger partial charge in [-0.25, -0.2) is 9.59 Å². The van der Waals surface area contributed by atoms with Crippen LogP contribution in [0.1, 0.15) is 97.5 Å². The number of likely N-dealkylation sites (tertiary alicyclic amines) is 1. The Bertz CT molecular complexity index is 1480. The zero-order valence-electron chi connectivity index (χ0n) is 31.9. The Morgan fingerprint density at radius 1 is 0.870 bits per heavy atom.